The maximum atomic E-state index is 9.94. The van der Waals surface area contributed by atoms with E-state index in [-0.39, 0.29) is 6.04 Å². The molecule has 3 aromatic rings. The molecule has 0 spiro atoms. The topological polar surface area (TPSA) is 108 Å². The van der Waals surface area contributed by atoms with Crippen LogP contribution in [0.15, 0.2) is 18.3 Å². The normalized spacial score (nSPS) is 24.7. The van der Waals surface area contributed by atoms with Crippen LogP contribution in [0.1, 0.15) is 37.1 Å². The molecule has 1 N–H and O–H groups in total. The van der Waals surface area contributed by atoms with E-state index in [1.165, 1.54) is 0 Å². The van der Waals surface area contributed by atoms with E-state index < -0.39 is 0 Å². The van der Waals surface area contributed by atoms with Crippen LogP contribution in [0.3, 0.4) is 0 Å². The predicted octanol–water partition coefficient (Wildman–Crippen LogP) is 1.78. The molecular weight excluding hydrogens is 408 g/mol. The lowest BCUT2D eigenvalue weighted by Crippen LogP contribution is -2.46. The van der Waals surface area contributed by atoms with Crippen LogP contribution in [0.2, 0.25) is 0 Å². The van der Waals surface area contributed by atoms with Gasteiger partial charge in [0.05, 0.1) is 50.1 Å². The van der Waals surface area contributed by atoms with Crippen LogP contribution in [-0.4, -0.2) is 81.5 Å². The van der Waals surface area contributed by atoms with E-state index in [0.717, 1.165) is 69.1 Å². The molecule has 0 aliphatic carbocycles. The van der Waals surface area contributed by atoms with Crippen molar-refractivity contribution in [1.82, 2.24) is 29.9 Å². The maximum Gasteiger partial charge on any atom is 0.172 e. The minimum atomic E-state index is 0.105. The molecule has 0 radical (unpaired) electrons. The van der Waals surface area contributed by atoms with E-state index in [0.29, 0.717) is 29.2 Å². The number of aromatic nitrogens is 5. The summed E-state index contributed by atoms with van der Waals surface area (Å²) in [7, 11) is 0. The maximum absolute atomic E-state index is 9.94. The molecule has 6 heterocycles. The Morgan fingerprint density at radius 2 is 1.97 bits per heavy atom. The highest BCUT2D eigenvalue weighted by Crippen LogP contribution is 2.38. The van der Waals surface area contributed by atoms with Gasteiger partial charge in [-0.25, -0.2) is 4.98 Å². The summed E-state index contributed by atoms with van der Waals surface area (Å²) in [5, 5.41) is 22.4. The zero-order valence-electron chi connectivity index (χ0n) is 18.1. The van der Waals surface area contributed by atoms with Gasteiger partial charge in [-0.2, -0.15) is 20.1 Å². The molecule has 2 bridgehead atoms. The lowest BCUT2D eigenvalue weighted by molar-refractivity contribution is 0.0201. The standard InChI is InChI=1S/C22H26N8O2/c1-14(28-6-8-31-9-7-28)17-10-20(29-15-2-3-16(29)13-32-12-15)25-22-21(17)18(11-23)27-30(22)19-4-5-24-26-19/h4-5,10,14-16H,2-3,6-9,12-13H2,1H3,(H,24,26). The molecule has 10 nitrogen and oxygen atoms in total. The number of ether oxygens (including phenoxy) is 2. The van der Waals surface area contributed by atoms with Crippen molar-refractivity contribution in [3.8, 4) is 11.9 Å². The minimum absolute atomic E-state index is 0.105. The van der Waals surface area contributed by atoms with E-state index in [9.17, 15) is 5.26 Å². The van der Waals surface area contributed by atoms with Gasteiger partial charge in [-0.05, 0) is 31.4 Å². The van der Waals surface area contributed by atoms with Crippen molar-refractivity contribution in [2.75, 3.05) is 44.4 Å². The van der Waals surface area contributed by atoms with Gasteiger partial charge in [0, 0.05) is 25.2 Å². The first kappa shape index (κ1) is 19.7. The fraction of sp³-hybridized carbons (Fsp3) is 0.545. The van der Waals surface area contributed by atoms with Crippen LogP contribution in [0.4, 0.5) is 5.82 Å². The predicted molar refractivity (Wildman–Crippen MR) is 117 cm³/mol. The third-order valence-electron chi connectivity index (χ3n) is 7.02. The molecule has 3 atom stereocenters. The van der Waals surface area contributed by atoms with Crippen LogP contribution < -0.4 is 4.90 Å². The lowest BCUT2D eigenvalue weighted by atomic mass is 10.0. The SMILES string of the molecule is CC(c1cc(N2C3CCC2COC3)nc2c1c(C#N)nn2-c1ccn[nH]1)N1CCOCC1. The van der Waals surface area contributed by atoms with Gasteiger partial charge in [0.2, 0.25) is 0 Å². The second kappa shape index (κ2) is 7.85. The van der Waals surface area contributed by atoms with E-state index >= 15 is 0 Å². The third kappa shape index (κ3) is 3.08. The average molecular weight is 435 g/mol. The number of H-pyrrole nitrogens is 1. The Hall–Kier alpha value is -3.00. The van der Waals surface area contributed by atoms with Gasteiger partial charge < -0.3 is 14.4 Å². The van der Waals surface area contributed by atoms with Gasteiger partial charge >= 0.3 is 0 Å². The Morgan fingerprint density at radius 1 is 1.19 bits per heavy atom. The van der Waals surface area contributed by atoms with Crippen molar-refractivity contribution >= 4 is 16.9 Å². The van der Waals surface area contributed by atoms with Gasteiger partial charge in [-0.3, -0.25) is 10.00 Å². The monoisotopic (exact) mass is 434 g/mol. The van der Waals surface area contributed by atoms with E-state index in [2.05, 4.69) is 44.2 Å². The highest BCUT2D eigenvalue weighted by molar-refractivity contribution is 5.88. The summed E-state index contributed by atoms with van der Waals surface area (Å²) in [5.74, 6) is 1.63. The molecular formula is C22H26N8O2. The van der Waals surface area contributed by atoms with Crippen LogP contribution in [0.5, 0.6) is 0 Å². The number of nitriles is 1. The molecule has 6 rings (SSSR count). The Labute approximate surface area is 185 Å². The summed E-state index contributed by atoms with van der Waals surface area (Å²) in [6.45, 7) is 6.82. The summed E-state index contributed by atoms with van der Waals surface area (Å²) in [4.78, 5) is 9.91. The van der Waals surface area contributed by atoms with Crippen LogP contribution >= 0.6 is 0 Å². The second-order valence-electron chi connectivity index (χ2n) is 8.74. The lowest BCUT2D eigenvalue weighted by Gasteiger charge is -2.37. The highest BCUT2D eigenvalue weighted by atomic mass is 16.5. The summed E-state index contributed by atoms with van der Waals surface area (Å²) in [6, 6.07) is 7.09. The molecule has 3 aliphatic heterocycles. The molecule has 10 heteroatoms. The third-order valence-corrected chi connectivity index (χ3v) is 7.02. The smallest absolute Gasteiger partial charge is 0.172 e. The summed E-state index contributed by atoms with van der Waals surface area (Å²) < 4.78 is 13.1. The number of nitrogens with one attached hydrogen (secondary N) is 1. The van der Waals surface area contributed by atoms with Gasteiger partial charge in [-0.1, -0.05) is 0 Å². The highest BCUT2D eigenvalue weighted by Gasteiger charge is 2.39. The molecule has 3 aliphatic rings. The van der Waals surface area contributed by atoms with E-state index in [1.807, 2.05) is 6.07 Å². The summed E-state index contributed by atoms with van der Waals surface area (Å²) in [5.41, 5.74) is 2.15. The molecule has 3 saturated heterocycles. The van der Waals surface area contributed by atoms with Gasteiger partial charge in [0.15, 0.2) is 17.2 Å². The van der Waals surface area contributed by atoms with E-state index in [1.54, 1.807) is 10.9 Å². The van der Waals surface area contributed by atoms with Gasteiger partial charge in [0.25, 0.3) is 0 Å². The first-order valence-electron chi connectivity index (χ1n) is 11.3. The minimum Gasteiger partial charge on any atom is -0.379 e. The molecule has 3 fully saturated rings. The number of nitrogens with zero attached hydrogens (tertiary/aromatic N) is 7. The number of hydrogen-bond acceptors (Lipinski definition) is 8. The number of rotatable bonds is 4. The Bertz CT molecular complexity index is 1150. The first-order chi connectivity index (χ1) is 15.7. The number of morpholine rings is 2. The number of anilines is 1. The fourth-order valence-electron chi connectivity index (χ4n) is 5.37. The van der Waals surface area contributed by atoms with Gasteiger partial charge in [0.1, 0.15) is 11.9 Å². The molecule has 3 unspecified atom stereocenters. The largest absolute Gasteiger partial charge is 0.379 e. The zero-order valence-corrected chi connectivity index (χ0v) is 18.1. The molecule has 0 amide bonds. The number of hydrogen-bond donors (Lipinski definition) is 1. The molecule has 3 aromatic heterocycles. The van der Waals surface area contributed by atoms with Crippen LogP contribution in [-0.2, 0) is 9.47 Å². The van der Waals surface area contributed by atoms with Crippen molar-refractivity contribution in [2.24, 2.45) is 0 Å². The Kier molecular flexibility index (Phi) is 4.82. The first-order valence-corrected chi connectivity index (χ1v) is 11.3. The number of fused-ring (bicyclic) bond motifs is 3. The van der Waals surface area contributed by atoms with Crippen molar-refractivity contribution < 1.29 is 9.47 Å². The molecule has 0 aromatic carbocycles. The van der Waals surface area contributed by atoms with Crippen molar-refractivity contribution in [3.63, 3.8) is 0 Å². The summed E-state index contributed by atoms with van der Waals surface area (Å²) >= 11 is 0. The fourth-order valence-corrected chi connectivity index (χ4v) is 5.37. The van der Waals surface area contributed by atoms with E-state index in [4.69, 9.17) is 14.5 Å². The number of pyridine rings is 1. The van der Waals surface area contributed by atoms with Crippen molar-refractivity contribution in [1.29, 1.82) is 5.26 Å². The average Bonchev–Trinajstić information content (AvgIpc) is 3.55. The van der Waals surface area contributed by atoms with Crippen molar-refractivity contribution in [2.45, 2.75) is 37.9 Å². The van der Waals surface area contributed by atoms with Gasteiger partial charge in [-0.15, -0.1) is 0 Å². The van der Waals surface area contributed by atoms with Crippen LogP contribution in [0.25, 0.3) is 16.9 Å². The quantitative estimate of drug-likeness (QED) is 0.662. The second-order valence-corrected chi connectivity index (χ2v) is 8.74. The van der Waals surface area contributed by atoms with Crippen LogP contribution in [0, 0.1) is 11.3 Å². The molecule has 32 heavy (non-hydrogen) atoms. The zero-order chi connectivity index (χ0) is 21.7. The summed E-state index contributed by atoms with van der Waals surface area (Å²) in [6.07, 6.45) is 3.90. The molecule has 0 saturated carbocycles. The molecule has 166 valence electrons. The van der Waals surface area contributed by atoms with Crippen molar-refractivity contribution in [3.05, 3.63) is 29.6 Å². The number of aromatic amines is 1. The Morgan fingerprint density at radius 3 is 2.66 bits per heavy atom. The Balaban J connectivity index is 1.56.